The van der Waals surface area contributed by atoms with Gasteiger partial charge in [-0.1, -0.05) is 24.3 Å². The number of likely N-dealkylation sites (N-methyl/N-ethyl adjacent to an activating group) is 1. The highest BCUT2D eigenvalue weighted by Crippen LogP contribution is 2.21. The summed E-state index contributed by atoms with van der Waals surface area (Å²) >= 11 is 3.21. The molecule has 0 aromatic heterocycles. The molecule has 0 saturated carbocycles. The molecule has 3 rings (SSSR count). The lowest BCUT2D eigenvalue weighted by atomic mass is 10.1. The molecule has 144 valence electrons. The van der Waals surface area contributed by atoms with Crippen molar-refractivity contribution in [2.75, 3.05) is 33.2 Å². The summed E-state index contributed by atoms with van der Waals surface area (Å²) < 4.78 is 27.5. The van der Waals surface area contributed by atoms with Gasteiger partial charge < -0.3 is 4.90 Å². The van der Waals surface area contributed by atoms with E-state index < -0.39 is 15.9 Å². The molecule has 1 aliphatic heterocycles. The fraction of sp³-hybridized carbons (Fsp3) is 0.316. The van der Waals surface area contributed by atoms with Gasteiger partial charge in [0.15, 0.2) is 0 Å². The lowest BCUT2D eigenvalue weighted by Gasteiger charge is -2.32. The van der Waals surface area contributed by atoms with Crippen LogP contribution in [0.4, 0.5) is 0 Å². The number of piperazine rings is 1. The van der Waals surface area contributed by atoms with Gasteiger partial charge in [0, 0.05) is 42.8 Å². The van der Waals surface area contributed by atoms with Crippen molar-refractivity contribution in [2.45, 2.75) is 11.4 Å². The summed E-state index contributed by atoms with van der Waals surface area (Å²) in [5.74, 6) is -0.633. The molecule has 1 aliphatic rings. The predicted molar refractivity (Wildman–Crippen MR) is 108 cm³/mol. The van der Waals surface area contributed by atoms with Crippen LogP contribution in [-0.2, 0) is 16.6 Å². The molecule has 0 aliphatic carbocycles. The van der Waals surface area contributed by atoms with E-state index in [4.69, 9.17) is 0 Å². The molecule has 2 aromatic rings. The number of carbonyl (C=O) groups is 1. The van der Waals surface area contributed by atoms with E-state index in [1.165, 1.54) is 6.07 Å². The smallest absolute Gasteiger partial charge is 0.265 e. The molecule has 0 unspecified atom stereocenters. The number of rotatable bonds is 5. The molecule has 8 heteroatoms. The van der Waals surface area contributed by atoms with E-state index in [-0.39, 0.29) is 4.90 Å². The molecule has 27 heavy (non-hydrogen) atoms. The van der Waals surface area contributed by atoms with Crippen LogP contribution in [-0.4, -0.2) is 57.4 Å². The quantitative estimate of drug-likeness (QED) is 0.754. The normalized spacial score (nSPS) is 16.2. The van der Waals surface area contributed by atoms with Crippen molar-refractivity contribution in [3.63, 3.8) is 0 Å². The lowest BCUT2D eigenvalue weighted by molar-refractivity contribution is 0.0981. The maximum Gasteiger partial charge on any atom is 0.265 e. The average Bonchev–Trinajstić information content (AvgIpc) is 2.64. The summed E-state index contributed by atoms with van der Waals surface area (Å²) in [7, 11) is -1.84. The molecular weight excluding hydrogens is 430 g/mol. The zero-order valence-corrected chi connectivity index (χ0v) is 17.5. The number of benzene rings is 2. The van der Waals surface area contributed by atoms with Crippen LogP contribution in [0.1, 0.15) is 15.9 Å². The first kappa shape index (κ1) is 20.0. The first-order chi connectivity index (χ1) is 12.8. The van der Waals surface area contributed by atoms with Crippen LogP contribution in [0.5, 0.6) is 0 Å². The van der Waals surface area contributed by atoms with Crippen LogP contribution in [0.3, 0.4) is 0 Å². The molecule has 6 nitrogen and oxygen atoms in total. The second-order valence-electron chi connectivity index (χ2n) is 6.64. The highest BCUT2D eigenvalue weighted by atomic mass is 79.9. The van der Waals surface area contributed by atoms with Crippen LogP contribution in [0, 0.1) is 0 Å². The molecule has 1 amide bonds. The van der Waals surface area contributed by atoms with E-state index in [1.807, 2.05) is 6.07 Å². The fourth-order valence-electron chi connectivity index (χ4n) is 2.97. The summed E-state index contributed by atoms with van der Waals surface area (Å²) in [6.45, 7) is 4.73. The number of carbonyl (C=O) groups excluding carboxylic acids is 1. The Labute approximate surface area is 168 Å². The van der Waals surface area contributed by atoms with Gasteiger partial charge in [0.2, 0.25) is 0 Å². The lowest BCUT2D eigenvalue weighted by Crippen LogP contribution is -2.43. The fourth-order valence-corrected chi connectivity index (χ4v) is 4.95. The van der Waals surface area contributed by atoms with E-state index >= 15 is 0 Å². The molecule has 1 saturated heterocycles. The Morgan fingerprint density at radius 3 is 2.48 bits per heavy atom. The third-order valence-electron chi connectivity index (χ3n) is 4.54. The van der Waals surface area contributed by atoms with E-state index in [1.54, 1.807) is 36.4 Å². The largest absolute Gasteiger partial charge is 0.304 e. The van der Waals surface area contributed by atoms with E-state index in [0.717, 1.165) is 38.3 Å². The van der Waals surface area contributed by atoms with E-state index in [9.17, 15) is 13.2 Å². The highest BCUT2D eigenvalue weighted by Gasteiger charge is 2.21. The Hall–Kier alpha value is -1.74. The highest BCUT2D eigenvalue weighted by molar-refractivity contribution is 9.10. The average molecular weight is 452 g/mol. The molecular formula is C19H22BrN3O3S. The zero-order valence-electron chi connectivity index (χ0n) is 15.1. The topological polar surface area (TPSA) is 69.7 Å². The minimum Gasteiger partial charge on any atom is -0.304 e. The Bertz CT molecular complexity index is 925. The monoisotopic (exact) mass is 451 g/mol. The molecule has 1 fully saturated rings. The van der Waals surface area contributed by atoms with Crippen LogP contribution in [0.25, 0.3) is 0 Å². The van der Waals surface area contributed by atoms with Gasteiger partial charge in [0.25, 0.3) is 15.9 Å². The number of sulfonamides is 1. The third-order valence-corrected chi connectivity index (χ3v) is 6.89. The van der Waals surface area contributed by atoms with Crippen LogP contribution < -0.4 is 4.72 Å². The van der Waals surface area contributed by atoms with Crippen molar-refractivity contribution in [1.82, 2.24) is 14.5 Å². The van der Waals surface area contributed by atoms with E-state index in [2.05, 4.69) is 37.5 Å². The van der Waals surface area contributed by atoms with Gasteiger partial charge in [-0.25, -0.2) is 13.1 Å². The first-order valence-corrected chi connectivity index (χ1v) is 10.9. The standard InChI is InChI=1S/C19H22BrN3O3S/c1-22-9-11-23(12-10-22)14-15-5-4-6-16(13-15)19(24)21-27(25,26)18-8-3-2-7-17(18)20/h2-8,13H,9-12,14H2,1H3,(H,21,24). The van der Waals surface area contributed by atoms with Crippen LogP contribution in [0.2, 0.25) is 0 Å². The predicted octanol–water partition coefficient (Wildman–Crippen LogP) is 2.32. The number of hydrogen-bond donors (Lipinski definition) is 1. The molecule has 0 atom stereocenters. The minimum atomic E-state index is -3.95. The van der Waals surface area contributed by atoms with Gasteiger partial charge in [-0.05, 0) is 52.8 Å². The van der Waals surface area contributed by atoms with Gasteiger partial charge in [0.05, 0.1) is 0 Å². The summed E-state index contributed by atoms with van der Waals surface area (Å²) in [5, 5.41) is 0. The van der Waals surface area contributed by atoms with Crippen LogP contribution in [0.15, 0.2) is 57.9 Å². The maximum atomic E-state index is 12.5. The van der Waals surface area contributed by atoms with Crippen molar-refractivity contribution < 1.29 is 13.2 Å². The Balaban J connectivity index is 1.71. The Morgan fingerprint density at radius 1 is 1.07 bits per heavy atom. The van der Waals surface area contributed by atoms with Crippen molar-refractivity contribution >= 4 is 31.9 Å². The number of nitrogens with one attached hydrogen (secondary N) is 1. The molecule has 1 N–H and O–H groups in total. The summed E-state index contributed by atoms with van der Waals surface area (Å²) in [5.41, 5.74) is 1.32. The number of halogens is 1. The Kier molecular flexibility index (Phi) is 6.31. The zero-order chi connectivity index (χ0) is 19.4. The molecule has 0 spiro atoms. The van der Waals surface area contributed by atoms with Crippen molar-refractivity contribution in [3.05, 3.63) is 64.1 Å². The summed E-state index contributed by atoms with van der Waals surface area (Å²) in [4.78, 5) is 17.2. The maximum absolute atomic E-state index is 12.5. The minimum absolute atomic E-state index is 0.0342. The van der Waals surface area contributed by atoms with Crippen molar-refractivity contribution in [1.29, 1.82) is 0 Å². The van der Waals surface area contributed by atoms with Gasteiger partial charge in [-0.15, -0.1) is 0 Å². The summed E-state index contributed by atoms with van der Waals surface area (Å²) in [6, 6.07) is 13.5. The SMILES string of the molecule is CN1CCN(Cc2cccc(C(=O)NS(=O)(=O)c3ccccc3Br)c2)CC1. The summed E-state index contributed by atoms with van der Waals surface area (Å²) in [6.07, 6.45) is 0. The second-order valence-corrected chi connectivity index (χ2v) is 9.15. The van der Waals surface area contributed by atoms with Gasteiger partial charge in [-0.3, -0.25) is 9.69 Å². The van der Waals surface area contributed by atoms with Gasteiger partial charge in [-0.2, -0.15) is 0 Å². The van der Waals surface area contributed by atoms with E-state index in [0.29, 0.717) is 10.0 Å². The number of amides is 1. The number of nitrogens with zero attached hydrogens (tertiary/aromatic N) is 2. The molecule has 0 radical (unpaired) electrons. The first-order valence-electron chi connectivity index (χ1n) is 8.67. The molecule has 2 aromatic carbocycles. The Morgan fingerprint density at radius 2 is 1.78 bits per heavy atom. The molecule has 0 bridgehead atoms. The van der Waals surface area contributed by atoms with Crippen molar-refractivity contribution in [3.8, 4) is 0 Å². The third kappa shape index (κ3) is 5.16. The van der Waals surface area contributed by atoms with Crippen molar-refractivity contribution in [2.24, 2.45) is 0 Å². The van der Waals surface area contributed by atoms with Gasteiger partial charge >= 0.3 is 0 Å². The van der Waals surface area contributed by atoms with Crippen LogP contribution >= 0.6 is 15.9 Å². The molecule has 1 heterocycles. The van der Waals surface area contributed by atoms with Gasteiger partial charge in [0.1, 0.15) is 4.90 Å². The number of hydrogen-bond acceptors (Lipinski definition) is 5. The second kappa shape index (κ2) is 8.52.